The van der Waals surface area contributed by atoms with E-state index >= 15 is 0 Å². The van der Waals surface area contributed by atoms with Crippen LogP contribution in [0, 0.1) is 0 Å². The van der Waals surface area contributed by atoms with Gasteiger partial charge in [0.15, 0.2) is 5.69 Å². The third-order valence-corrected chi connectivity index (χ3v) is 2.57. The average molecular weight is 243 g/mol. The Hall–Kier alpha value is -1.39. The standard InChI is InChI=1S/C9H4Cl2N2O2/c10-5-3-1-2-4-6(11)8(9(14)15)13-12-7(4)5/h1-3H,(H,14,15). The molecule has 4 nitrogen and oxygen atoms in total. The van der Waals surface area contributed by atoms with E-state index in [0.717, 1.165) is 0 Å². The van der Waals surface area contributed by atoms with Crippen LogP contribution in [0.5, 0.6) is 0 Å². The molecule has 1 heterocycles. The molecule has 0 saturated heterocycles. The van der Waals surface area contributed by atoms with E-state index < -0.39 is 5.97 Å². The summed E-state index contributed by atoms with van der Waals surface area (Å²) in [5.74, 6) is -1.21. The normalized spacial score (nSPS) is 10.5. The van der Waals surface area contributed by atoms with Crippen molar-refractivity contribution in [2.75, 3.05) is 0 Å². The van der Waals surface area contributed by atoms with Gasteiger partial charge in [-0.25, -0.2) is 4.79 Å². The fourth-order valence-corrected chi connectivity index (χ4v) is 1.69. The number of halogens is 2. The molecule has 1 N–H and O–H groups in total. The van der Waals surface area contributed by atoms with Crippen LogP contribution < -0.4 is 0 Å². The lowest BCUT2D eigenvalue weighted by Crippen LogP contribution is -2.03. The molecule has 1 aromatic carbocycles. The van der Waals surface area contributed by atoms with E-state index in [1.165, 1.54) is 0 Å². The minimum atomic E-state index is -1.21. The fourth-order valence-electron chi connectivity index (χ4n) is 1.20. The van der Waals surface area contributed by atoms with Gasteiger partial charge in [-0.3, -0.25) is 0 Å². The molecule has 0 atom stereocenters. The second-order valence-corrected chi connectivity index (χ2v) is 3.59. The Kier molecular flexibility index (Phi) is 2.46. The first-order valence-electron chi connectivity index (χ1n) is 3.95. The van der Waals surface area contributed by atoms with Crippen LogP contribution >= 0.6 is 23.2 Å². The van der Waals surface area contributed by atoms with Crippen LogP contribution in [0.4, 0.5) is 0 Å². The van der Waals surface area contributed by atoms with Gasteiger partial charge >= 0.3 is 5.97 Å². The summed E-state index contributed by atoms with van der Waals surface area (Å²) in [6.07, 6.45) is 0. The van der Waals surface area contributed by atoms with E-state index in [1.54, 1.807) is 18.2 Å². The van der Waals surface area contributed by atoms with Crippen molar-refractivity contribution in [1.29, 1.82) is 0 Å². The molecule has 1 aromatic heterocycles. The number of carboxylic acids is 1. The van der Waals surface area contributed by atoms with Crippen molar-refractivity contribution in [2.24, 2.45) is 0 Å². The van der Waals surface area contributed by atoms with Crippen LogP contribution in [0.3, 0.4) is 0 Å². The highest BCUT2D eigenvalue weighted by Crippen LogP contribution is 2.28. The summed E-state index contributed by atoms with van der Waals surface area (Å²) in [4.78, 5) is 10.7. The largest absolute Gasteiger partial charge is 0.476 e. The Morgan fingerprint density at radius 3 is 2.67 bits per heavy atom. The van der Waals surface area contributed by atoms with Crippen molar-refractivity contribution < 1.29 is 9.90 Å². The number of hydrogen-bond donors (Lipinski definition) is 1. The predicted octanol–water partition coefficient (Wildman–Crippen LogP) is 2.63. The highest BCUT2D eigenvalue weighted by molar-refractivity contribution is 6.40. The molecule has 0 fully saturated rings. The summed E-state index contributed by atoms with van der Waals surface area (Å²) in [6, 6.07) is 4.95. The number of rotatable bonds is 1. The van der Waals surface area contributed by atoms with Gasteiger partial charge in [0.1, 0.15) is 5.52 Å². The lowest BCUT2D eigenvalue weighted by molar-refractivity contribution is 0.0689. The van der Waals surface area contributed by atoms with Gasteiger partial charge in [-0.2, -0.15) is 0 Å². The summed E-state index contributed by atoms with van der Waals surface area (Å²) in [5, 5.41) is 16.9. The fraction of sp³-hybridized carbons (Fsp3) is 0. The quantitative estimate of drug-likeness (QED) is 0.836. The van der Waals surface area contributed by atoms with E-state index in [-0.39, 0.29) is 10.7 Å². The van der Waals surface area contributed by atoms with E-state index in [0.29, 0.717) is 15.9 Å². The van der Waals surface area contributed by atoms with Gasteiger partial charge in [0, 0.05) is 5.39 Å². The maximum absolute atomic E-state index is 10.7. The summed E-state index contributed by atoms with van der Waals surface area (Å²) in [5.41, 5.74) is 0.126. The highest BCUT2D eigenvalue weighted by Gasteiger charge is 2.15. The smallest absolute Gasteiger partial charge is 0.358 e. The highest BCUT2D eigenvalue weighted by atomic mass is 35.5. The van der Waals surface area contributed by atoms with Gasteiger partial charge in [0.05, 0.1) is 10.0 Å². The second kappa shape index (κ2) is 3.64. The van der Waals surface area contributed by atoms with Crippen LogP contribution in [0.15, 0.2) is 18.2 Å². The molecule has 0 aliphatic heterocycles. The van der Waals surface area contributed by atoms with Gasteiger partial charge < -0.3 is 5.11 Å². The van der Waals surface area contributed by atoms with Crippen molar-refractivity contribution in [3.05, 3.63) is 33.9 Å². The molecule has 15 heavy (non-hydrogen) atoms. The number of carboxylic acid groups (broad SMARTS) is 1. The molecule has 6 heteroatoms. The van der Waals surface area contributed by atoms with Crippen LogP contribution in [0.1, 0.15) is 10.5 Å². The lowest BCUT2D eigenvalue weighted by atomic mass is 10.2. The number of carbonyl (C=O) groups is 1. The summed E-state index contributed by atoms with van der Waals surface area (Å²) >= 11 is 11.7. The Labute approximate surface area is 94.4 Å². The predicted molar refractivity (Wildman–Crippen MR) is 56.5 cm³/mol. The molecule has 0 bridgehead atoms. The third kappa shape index (κ3) is 1.62. The molecular weight excluding hydrogens is 239 g/mol. The maximum atomic E-state index is 10.7. The monoisotopic (exact) mass is 242 g/mol. The molecule has 0 radical (unpaired) electrons. The second-order valence-electron chi connectivity index (χ2n) is 2.80. The maximum Gasteiger partial charge on any atom is 0.358 e. The first-order chi connectivity index (χ1) is 7.11. The van der Waals surface area contributed by atoms with Gasteiger partial charge in [-0.1, -0.05) is 35.3 Å². The van der Waals surface area contributed by atoms with Crippen molar-refractivity contribution in [3.63, 3.8) is 0 Å². The van der Waals surface area contributed by atoms with Gasteiger partial charge in [-0.05, 0) is 6.07 Å². The van der Waals surface area contributed by atoms with E-state index in [4.69, 9.17) is 28.3 Å². The van der Waals surface area contributed by atoms with Gasteiger partial charge in [0.2, 0.25) is 0 Å². The third-order valence-electron chi connectivity index (χ3n) is 1.88. The molecule has 0 saturated carbocycles. The molecule has 0 aliphatic rings. The van der Waals surface area contributed by atoms with E-state index in [2.05, 4.69) is 10.2 Å². The molecule has 2 rings (SSSR count). The molecule has 2 aromatic rings. The SMILES string of the molecule is O=C(O)c1nnc2c(Cl)cccc2c1Cl. The van der Waals surface area contributed by atoms with Crippen molar-refractivity contribution in [3.8, 4) is 0 Å². The molecule has 0 unspecified atom stereocenters. The zero-order valence-corrected chi connectivity index (χ0v) is 8.75. The van der Waals surface area contributed by atoms with E-state index in [9.17, 15) is 4.79 Å². The van der Waals surface area contributed by atoms with Crippen molar-refractivity contribution in [1.82, 2.24) is 10.2 Å². The lowest BCUT2D eigenvalue weighted by Gasteiger charge is -2.02. The number of benzene rings is 1. The zero-order chi connectivity index (χ0) is 11.0. The summed E-state index contributed by atoms with van der Waals surface area (Å²) in [6.45, 7) is 0. The summed E-state index contributed by atoms with van der Waals surface area (Å²) < 4.78 is 0. The van der Waals surface area contributed by atoms with Gasteiger partial charge in [-0.15, -0.1) is 10.2 Å². The average Bonchev–Trinajstić information content (AvgIpc) is 2.19. The number of fused-ring (bicyclic) bond motifs is 1. The molecule has 0 amide bonds. The number of aromatic carboxylic acids is 1. The Morgan fingerprint density at radius 2 is 2.00 bits per heavy atom. The minimum Gasteiger partial charge on any atom is -0.476 e. The molecular formula is C9H4Cl2N2O2. The summed E-state index contributed by atoms with van der Waals surface area (Å²) in [7, 11) is 0. The van der Waals surface area contributed by atoms with Crippen LogP contribution in [-0.2, 0) is 0 Å². The Balaban J connectivity index is 2.86. The Morgan fingerprint density at radius 1 is 1.27 bits per heavy atom. The Bertz CT molecular complexity index is 557. The van der Waals surface area contributed by atoms with Crippen LogP contribution in [0.25, 0.3) is 10.9 Å². The van der Waals surface area contributed by atoms with Crippen molar-refractivity contribution >= 4 is 40.1 Å². The minimum absolute atomic E-state index is 0.0509. The molecule has 0 spiro atoms. The van der Waals surface area contributed by atoms with Crippen LogP contribution in [0.2, 0.25) is 10.0 Å². The van der Waals surface area contributed by atoms with E-state index in [1.807, 2.05) is 0 Å². The number of hydrogen-bond acceptors (Lipinski definition) is 3. The molecule has 0 aliphatic carbocycles. The van der Waals surface area contributed by atoms with Gasteiger partial charge in [0.25, 0.3) is 0 Å². The number of nitrogens with zero attached hydrogens (tertiary/aromatic N) is 2. The van der Waals surface area contributed by atoms with Crippen LogP contribution in [-0.4, -0.2) is 21.3 Å². The van der Waals surface area contributed by atoms with Crippen molar-refractivity contribution in [2.45, 2.75) is 0 Å². The first kappa shape index (κ1) is 10.1. The molecule has 76 valence electrons. The topological polar surface area (TPSA) is 63.1 Å². The number of aromatic nitrogens is 2. The first-order valence-corrected chi connectivity index (χ1v) is 4.70. The zero-order valence-electron chi connectivity index (χ0n) is 7.24.